The summed E-state index contributed by atoms with van der Waals surface area (Å²) in [5.74, 6) is 0.563. The second-order valence-corrected chi connectivity index (χ2v) is 12.0. The Morgan fingerprint density at radius 1 is 0.921 bits per heavy atom. The van der Waals surface area contributed by atoms with Crippen molar-refractivity contribution in [3.63, 3.8) is 0 Å². The number of aryl methyl sites for hydroxylation is 1. The summed E-state index contributed by atoms with van der Waals surface area (Å²) in [5.41, 5.74) is 1.86. The maximum absolute atomic E-state index is 13.1. The van der Waals surface area contributed by atoms with Gasteiger partial charge in [-0.15, -0.1) is 0 Å². The average Bonchev–Trinajstić information content (AvgIpc) is 3.12. The number of fused-ring (bicyclic) bond motifs is 1. The number of imidazole rings is 1. The molecule has 1 unspecified atom stereocenters. The van der Waals surface area contributed by atoms with E-state index in [0.717, 1.165) is 63.1 Å². The van der Waals surface area contributed by atoms with Gasteiger partial charge in [-0.05, 0) is 82.9 Å². The Labute approximate surface area is 222 Å². The lowest BCUT2D eigenvalue weighted by atomic mass is 9.79. The molecule has 206 valence electrons. The average molecular weight is 526 g/mol. The van der Waals surface area contributed by atoms with Crippen molar-refractivity contribution in [1.82, 2.24) is 19.4 Å². The van der Waals surface area contributed by atoms with Gasteiger partial charge in [-0.1, -0.05) is 0 Å². The van der Waals surface area contributed by atoms with Crippen LogP contribution >= 0.6 is 0 Å². The van der Waals surface area contributed by atoms with Crippen molar-refractivity contribution in [3.05, 3.63) is 28.7 Å². The number of hydrogen-bond donors (Lipinski definition) is 1. The van der Waals surface area contributed by atoms with Gasteiger partial charge in [-0.2, -0.15) is 0 Å². The Balaban J connectivity index is 1.22. The highest BCUT2D eigenvalue weighted by Gasteiger charge is 2.34. The van der Waals surface area contributed by atoms with Gasteiger partial charge in [0.15, 0.2) is 0 Å². The third-order valence-corrected chi connectivity index (χ3v) is 8.36. The van der Waals surface area contributed by atoms with Crippen LogP contribution < -0.4 is 15.9 Å². The molecule has 38 heavy (non-hydrogen) atoms. The fraction of sp³-hybridized carbons (Fsp3) is 0.643. The Bertz CT molecular complexity index is 1290. The molecule has 0 bridgehead atoms. The molecule has 3 amide bonds. The minimum Gasteiger partial charge on any atom is -0.444 e. The van der Waals surface area contributed by atoms with E-state index in [0.29, 0.717) is 23.8 Å². The van der Waals surface area contributed by atoms with Gasteiger partial charge >= 0.3 is 11.8 Å². The van der Waals surface area contributed by atoms with E-state index in [1.165, 1.54) is 4.57 Å². The van der Waals surface area contributed by atoms with E-state index in [4.69, 9.17) is 4.74 Å². The zero-order chi connectivity index (χ0) is 27.2. The molecule has 3 fully saturated rings. The normalized spacial score (nSPS) is 22.2. The molecule has 3 saturated heterocycles. The number of anilines is 1. The highest BCUT2D eigenvalue weighted by molar-refractivity contribution is 6.00. The van der Waals surface area contributed by atoms with Crippen molar-refractivity contribution in [3.8, 4) is 0 Å². The zero-order valence-electron chi connectivity index (χ0n) is 22.9. The number of likely N-dealkylation sites (tertiary alicyclic amines) is 1. The number of nitrogens with one attached hydrogen (secondary N) is 1. The summed E-state index contributed by atoms with van der Waals surface area (Å²) in [5, 5.41) is 2.36. The standard InChI is InChI=1S/C28H39N5O5/c1-28(2,3)38-27(37)32-15-11-19(12-16-32)18-9-13-31(14-10-18)20-5-6-21-23(17-20)30(4)26(36)33(21)22-7-8-24(34)29-25(22)35/h5-6,17-19,22H,7-16H2,1-4H3,(H,29,34,35). The fourth-order valence-corrected chi connectivity index (χ4v) is 6.29. The lowest BCUT2D eigenvalue weighted by molar-refractivity contribution is -0.135. The smallest absolute Gasteiger partial charge is 0.410 e. The topological polar surface area (TPSA) is 106 Å². The van der Waals surface area contributed by atoms with Crippen LogP contribution in [0.25, 0.3) is 11.0 Å². The Morgan fingerprint density at radius 3 is 2.16 bits per heavy atom. The molecule has 4 heterocycles. The first kappa shape index (κ1) is 26.3. The third kappa shape index (κ3) is 5.17. The number of piperidine rings is 3. The predicted molar refractivity (Wildman–Crippen MR) is 144 cm³/mol. The maximum Gasteiger partial charge on any atom is 0.410 e. The van der Waals surface area contributed by atoms with E-state index in [2.05, 4.69) is 10.2 Å². The van der Waals surface area contributed by atoms with Crippen LogP contribution in [-0.4, -0.2) is 63.7 Å². The Hall–Kier alpha value is -3.30. The maximum atomic E-state index is 13.1. The summed E-state index contributed by atoms with van der Waals surface area (Å²) >= 11 is 0. The Kier molecular flexibility index (Phi) is 7.00. The van der Waals surface area contributed by atoms with Crippen LogP contribution in [0.1, 0.15) is 65.3 Å². The van der Waals surface area contributed by atoms with Crippen LogP contribution in [0.2, 0.25) is 0 Å². The van der Waals surface area contributed by atoms with E-state index in [1.807, 2.05) is 43.9 Å². The zero-order valence-corrected chi connectivity index (χ0v) is 22.9. The van der Waals surface area contributed by atoms with Gasteiger partial charge in [0.05, 0.1) is 11.0 Å². The molecule has 1 N–H and O–H groups in total. The fourth-order valence-electron chi connectivity index (χ4n) is 6.29. The first-order valence-electron chi connectivity index (χ1n) is 13.8. The minimum absolute atomic E-state index is 0.206. The number of benzene rings is 1. The van der Waals surface area contributed by atoms with Gasteiger partial charge in [0.25, 0.3) is 0 Å². The molecular formula is C28H39N5O5. The molecule has 0 aliphatic carbocycles. The molecule has 3 aliphatic heterocycles. The molecule has 1 aromatic carbocycles. The molecule has 10 nitrogen and oxygen atoms in total. The quantitative estimate of drug-likeness (QED) is 0.617. The number of carbonyl (C=O) groups excluding carboxylic acids is 3. The molecule has 5 rings (SSSR count). The third-order valence-electron chi connectivity index (χ3n) is 8.36. The number of hydrogen-bond acceptors (Lipinski definition) is 6. The van der Waals surface area contributed by atoms with Crippen LogP contribution in [0.15, 0.2) is 23.0 Å². The number of aromatic nitrogens is 2. The predicted octanol–water partition coefficient (Wildman–Crippen LogP) is 3.18. The second kappa shape index (κ2) is 10.1. The van der Waals surface area contributed by atoms with Crippen molar-refractivity contribution in [2.75, 3.05) is 31.1 Å². The first-order valence-corrected chi connectivity index (χ1v) is 13.8. The molecule has 0 spiro atoms. The van der Waals surface area contributed by atoms with Crippen LogP contribution in [0.5, 0.6) is 0 Å². The lowest BCUT2D eigenvalue weighted by Gasteiger charge is -2.41. The molecule has 1 aromatic heterocycles. The van der Waals surface area contributed by atoms with Crippen LogP contribution in [-0.2, 0) is 21.4 Å². The van der Waals surface area contributed by atoms with Crippen molar-refractivity contribution >= 4 is 34.6 Å². The first-order chi connectivity index (χ1) is 18.0. The van der Waals surface area contributed by atoms with Gasteiger partial charge in [-0.25, -0.2) is 9.59 Å². The number of nitrogens with zero attached hydrogens (tertiary/aromatic N) is 4. The molecule has 2 aromatic rings. The molecule has 0 saturated carbocycles. The summed E-state index contributed by atoms with van der Waals surface area (Å²) in [7, 11) is 1.73. The molecule has 3 aliphatic rings. The van der Waals surface area contributed by atoms with E-state index < -0.39 is 17.6 Å². The molecule has 0 radical (unpaired) electrons. The summed E-state index contributed by atoms with van der Waals surface area (Å²) in [6.45, 7) is 9.11. The highest BCUT2D eigenvalue weighted by Crippen LogP contribution is 2.35. The summed E-state index contributed by atoms with van der Waals surface area (Å²) in [6.07, 6.45) is 4.60. The van der Waals surface area contributed by atoms with Gasteiger partial charge < -0.3 is 14.5 Å². The largest absolute Gasteiger partial charge is 0.444 e. The monoisotopic (exact) mass is 525 g/mol. The highest BCUT2D eigenvalue weighted by atomic mass is 16.6. The van der Waals surface area contributed by atoms with Crippen molar-refractivity contribution < 1.29 is 19.1 Å². The second-order valence-electron chi connectivity index (χ2n) is 12.0. The van der Waals surface area contributed by atoms with Crippen molar-refractivity contribution in [2.24, 2.45) is 18.9 Å². The van der Waals surface area contributed by atoms with Crippen LogP contribution in [0.4, 0.5) is 10.5 Å². The summed E-state index contributed by atoms with van der Waals surface area (Å²) < 4.78 is 8.65. The van der Waals surface area contributed by atoms with Gasteiger partial charge in [0.1, 0.15) is 11.6 Å². The van der Waals surface area contributed by atoms with Gasteiger partial charge in [0.2, 0.25) is 11.8 Å². The summed E-state index contributed by atoms with van der Waals surface area (Å²) in [4.78, 5) is 53.7. The molecule has 10 heteroatoms. The number of carbonyl (C=O) groups is 3. The molecular weight excluding hydrogens is 486 g/mol. The van der Waals surface area contributed by atoms with Gasteiger partial charge in [0, 0.05) is 45.3 Å². The van der Waals surface area contributed by atoms with Crippen LogP contribution in [0.3, 0.4) is 0 Å². The van der Waals surface area contributed by atoms with E-state index >= 15 is 0 Å². The lowest BCUT2D eigenvalue weighted by Crippen LogP contribution is -2.44. The minimum atomic E-state index is -0.674. The summed E-state index contributed by atoms with van der Waals surface area (Å²) in [6, 6.07) is 5.32. The number of rotatable bonds is 3. The number of imide groups is 1. The SMILES string of the molecule is Cn1c(=O)n(C2CCC(=O)NC2=O)c2ccc(N3CCC(C4CCN(C(=O)OC(C)(C)C)CC4)CC3)cc21. The van der Waals surface area contributed by atoms with Gasteiger partial charge in [-0.3, -0.25) is 24.0 Å². The van der Waals surface area contributed by atoms with E-state index in [1.54, 1.807) is 11.6 Å². The number of ether oxygens (including phenoxy) is 1. The van der Waals surface area contributed by atoms with E-state index in [-0.39, 0.29) is 24.1 Å². The Morgan fingerprint density at radius 2 is 1.55 bits per heavy atom. The number of amides is 3. The molecule has 1 atom stereocenters. The van der Waals surface area contributed by atoms with Crippen molar-refractivity contribution in [2.45, 2.75) is 70.9 Å². The van der Waals surface area contributed by atoms with Crippen LogP contribution in [0, 0.1) is 11.8 Å². The van der Waals surface area contributed by atoms with Crippen molar-refractivity contribution in [1.29, 1.82) is 0 Å². The van der Waals surface area contributed by atoms with E-state index in [9.17, 15) is 19.2 Å².